The normalized spacial score (nSPS) is 29.4. The van der Waals surface area contributed by atoms with Crippen LogP contribution in [0.3, 0.4) is 0 Å². The van der Waals surface area contributed by atoms with Gasteiger partial charge in [0.05, 0.1) is 4.90 Å². The molecule has 0 aliphatic carbocycles. The van der Waals surface area contributed by atoms with E-state index in [1.54, 1.807) is 11.3 Å². The number of likely N-dealkylation sites (N-methyl/N-ethyl adjacent to an activating group) is 1. The van der Waals surface area contributed by atoms with Gasteiger partial charge in [-0.25, -0.2) is 8.51 Å². The summed E-state index contributed by atoms with van der Waals surface area (Å²) in [6, 6.07) is 2.05. The Morgan fingerprint density at radius 3 is 2.76 bits per heavy atom. The molecule has 5 heteroatoms. The van der Waals surface area contributed by atoms with E-state index < -0.39 is 11.0 Å². The monoisotopic (exact) mass is 270 g/mol. The highest BCUT2D eigenvalue weighted by Gasteiger charge is 2.44. The molecule has 1 aromatic rings. The molecule has 0 amide bonds. The van der Waals surface area contributed by atoms with Gasteiger partial charge in [-0.15, -0.1) is 11.3 Å². The number of fused-ring (bicyclic) bond motifs is 2. The number of nitrogens with zero attached hydrogens (tertiary/aromatic N) is 2. The molecule has 94 valence electrons. The van der Waals surface area contributed by atoms with Crippen molar-refractivity contribution < 1.29 is 4.21 Å². The zero-order valence-electron chi connectivity index (χ0n) is 10.3. The first kappa shape index (κ1) is 11.8. The maximum Gasteiger partial charge on any atom is 0.128 e. The van der Waals surface area contributed by atoms with Crippen molar-refractivity contribution in [1.29, 1.82) is 0 Å². The predicted molar refractivity (Wildman–Crippen MR) is 71.8 cm³/mol. The summed E-state index contributed by atoms with van der Waals surface area (Å²) in [6.45, 7) is 3.25. The molecule has 1 fully saturated rings. The zero-order chi connectivity index (χ0) is 12.0. The van der Waals surface area contributed by atoms with Crippen molar-refractivity contribution in [2.75, 3.05) is 33.7 Å². The first-order chi connectivity index (χ1) is 8.12. The summed E-state index contributed by atoms with van der Waals surface area (Å²) >= 11 is 1.80. The summed E-state index contributed by atoms with van der Waals surface area (Å²) in [7, 11) is 3.24. The summed E-state index contributed by atoms with van der Waals surface area (Å²) < 4.78 is 14.2. The van der Waals surface area contributed by atoms with E-state index in [0.29, 0.717) is 0 Å². The number of likely N-dealkylation sites (tertiary alicyclic amines) is 1. The molecule has 2 aliphatic heterocycles. The molecule has 0 saturated carbocycles. The van der Waals surface area contributed by atoms with Crippen LogP contribution in [0.4, 0.5) is 0 Å². The van der Waals surface area contributed by atoms with Gasteiger partial charge in [0.1, 0.15) is 11.0 Å². The molecule has 3 nitrogen and oxygen atoms in total. The SMILES string of the molecule is CN1CCC2(CC1)CN(C)S(=O)c1ccsc12. The maximum atomic E-state index is 12.2. The van der Waals surface area contributed by atoms with E-state index in [1.807, 2.05) is 17.4 Å². The van der Waals surface area contributed by atoms with Crippen LogP contribution in [0.5, 0.6) is 0 Å². The van der Waals surface area contributed by atoms with Gasteiger partial charge < -0.3 is 4.90 Å². The van der Waals surface area contributed by atoms with Crippen molar-refractivity contribution in [3.05, 3.63) is 16.3 Å². The van der Waals surface area contributed by atoms with Gasteiger partial charge in [-0.2, -0.15) is 0 Å². The minimum absolute atomic E-state index is 0.263. The molecule has 0 N–H and O–H groups in total. The van der Waals surface area contributed by atoms with Crippen molar-refractivity contribution in [2.24, 2.45) is 0 Å². The van der Waals surface area contributed by atoms with E-state index in [1.165, 1.54) is 17.7 Å². The van der Waals surface area contributed by atoms with Crippen LogP contribution in [0.2, 0.25) is 0 Å². The summed E-state index contributed by atoms with van der Waals surface area (Å²) in [5.74, 6) is 0. The average Bonchev–Trinajstić information content (AvgIpc) is 2.80. The molecule has 1 aromatic heterocycles. The minimum atomic E-state index is -0.935. The number of thiophene rings is 1. The number of hydrogen-bond donors (Lipinski definition) is 0. The van der Waals surface area contributed by atoms with Gasteiger partial charge in [-0.05, 0) is 44.4 Å². The molecule has 3 rings (SSSR count). The lowest BCUT2D eigenvalue weighted by Crippen LogP contribution is -2.50. The van der Waals surface area contributed by atoms with Crippen molar-refractivity contribution in [3.63, 3.8) is 0 Å². The van der Waals surface area contributed by atoms with E-state index >= 15 is 0 Å². The van der Waals surface area contributed by atoms with E-state index in [-0.39, 0.29) is 5.41 Å². The molecule has 1 spiro atoms. The molecule has 0 aromatic carbocycles. The van der Waals surface area contributed by atoms with Gasteiger partial charge in [-0.1, -0.05) is 0 Å². The maximum absolute atomic E-state index is 12.2. The average molecular weight is 270 g/mol. The molecule has 1 atom stereocenters. The van der Waals surface area contributed by atoms with Crippen LogP contribution in [0.1, 0.15) is 17.7 Å². The smallest absolute Gasteiger partial charge is 0.128 e. The highest BCUT2D eigenvalue weighted by atomic mass is 32.2. The highest BCUT2D eigenvalue weighted by Crippen LogP contribution is 2.45. The van der Waals surface area contributed by atoms with Crippen molar-refractivity contribution in [1.82, 2.24) is 9.21 Å². The summed E-state index contributed by atoms with van der Waals surface area (Å²) in [5.41, 5.74) is 0.263. The molecule has 0 bridgehead atoms. The first-order valence-electron chi connectivity index (χ1n) is 6.02. The molecular formula is C12H18N2OS2. The van der Waals surface area contributed by atoms with Crippen LogP contribution in [-0.4, -0.2) is 47.1 Å². The topological polar surface area (TPSA) is 23.6 Å². The van der Waals surface area contributed by atoms with Crippen molar-refractivity contribution in [3.8, 4) is 0 Å². The van der Waals surface area contributed by atoms with Gasteiger partial charge in [-0.3, -0.25) is 0 Å². The zero-order valence-corrected chi connectivity index (χ0v) is 11.9. The number of hydrogen-bond acceptors (Lipinski definition) is 3. The summed E-state index contributed by atoms with van der Waals surface area (Å²) in [5, 5.41) is 2.10. The number of piperidine rings is 1. The van der Waals surface area contributed by atoms with E-state index in [2.05, 4.69) is 17.3 Å². The largest absolute Gasteiger partial charge is 0.306 e. The van der Waals surface area contributed by atoms with E-state index in [9.17, 15) is 4.21 Å². The Labute approximate surface area is 109 Å². The van der Waals surface area contributed by atoms with Crippen LogP contribution in [0.25, 0.3) is 0 Å². The third-order valence-electron chi connectivity index (χ3n) is 4.05. The van der Waals surface area contributed by atoms with Crippen molar-refractivity contribution >= 4 is 22.3 Å². The van der Waals surface area contributed by atoms with Crippen LogP contribution < -0.4 is 0 Å². The van der Waals surface area contributed by atoms with Gasteiger partial charge in [0.15, 0.2) is 0 Å². The standard InChI is InChI=1S/C12H18N2OS2/c1-13-6-4-12(5-7-13)9-14(2)17(15)10-3-8-16-11(10)12/h3,8H,4-7,9H2,1-2H3. The Balaban J connectivity index is 2.02. The fraction of sp³-hybridized carbons (Fsp3) is 0.667. The van der Waals surface area contributed by atoms with Crippen LogP contribution in [0, 0.1) is 0 Å². The van der Waals surface area contributed by atoms with E-state index in [0.717, 1.165) is 24.5 Å². The lowest BCUT2D eigenvalue weighted by molar-refractivity contribution is 0.166. The number of rotatable bonds is 0. The highest BCUT2D eigenvalue weighted by molar-refractivity contribution is 7.83. The second kappa shape index (κ2) is 4.16. The Kier molecular flexibility index (Phi) is 2.89. The third kappa shape index (κ3) is 1.80. The first-order valence-corrected chi connectivity index (χ1v) is 8.01. The Morgan fingerprint density at radius 2 is 2.06 bits per heavy atom. The Morgan fingerprint density at radius 1 is 1.35 bits per heavy atom. The summed E-state index contributed by atoms with van der Waals surface area (Å²) in [6.07, 6.45) is 2.39. The van der Waals surface area contributed by atoms with Gasteiger partial charge in [0, 0.05) is 23.9 Å². The molecule has 1 unspecified atom stereocenters. The molecule has 0 radical (unpaired) electrons. The van der Waals surface area contributed by atoms with Gasteiger partial charge in [0.25, 0.3) is 0 Å². The molecule has 3 heterocycles. The second-order valence-corrected chi connectivity index (χ2v) is 7.71. The fourth-order valence-electron chi connectivity index (χ4n) is 2.98. The minimum Gasteiger partial charge on any atom is -0.306 e. The lowest BCUT2D eigenvalue weighted by Gasteiger charge is -2.45. The quantitative estimate of drug-likeness (QED) is 0.716. The molecule has 2 aliphatic rings. The van der Waals surface area contributed by atoms with Gasteiger partial charge >= 0.3 is 0 Å². The predicted octanol–water partition coefficient (Wildman–Crippen LogP) is 1.68. The summed E-state index contributed by atoms with van der Waals surface area (Å²) in [4.78, 5) is 4.85. The molecular weight excluding hydrogens is 252 g/mol. The lowest BCUT2D eigenvalue weighted by atomic mass is 9.77. The van der Waals surface area contributed by atoms with Crippen LogP contribution >= 0.6 is 11.3 Å². The Bertz CT molecular complexity index is 449. The van der Waals surface area contributed by atoms with Crippen LogP contribution in [-0.2, 0) is 16.4 Å². The van der Waals surface area contributed by atoms with Gasteiger partial charge in [0.2, 0.25) is 0 Å². The third-order valence-corrected chi connectivity index (χ3v) is 6.75. The van der Waals surface area contributed by atoms with Crippen molar-refractivity contribution in [2.45, 2.75) is 23.2 Å². The molecule has 17 heavy (non-hydrogen) atoms. The second-order valence-electron chi connectivity index (χ2n) is 5.23. The molecule has 1 saturated heterocycles. The van der Waals surface area contributed by atoms with E-state index in [4.69, 9.17) is 0 Å². The van der Waals surface area contributed by atoms with Crippen LogP contribution in [0.15, 0.2) is 16.3 Å². The Hall–Kier alpha value is -0.230. The fourth-order valence-corrected chi connectivity index (χ4v) is 5.72.